The first kappa shape index (κ1) is 24.2. The Bertz CT molecular complexity index is 558. The Kier molecular flexibility index (Phi) is 11.6. The fourth-order valence-electron chi connectivity index (χ4n) is 2.62. The van der Waals surface area contributed by atoms with Crippen molar-refractivity contribution in [1.29, 1.82) is 0 Å². The molecule has 1 rings (SSSR count). The van der Waals surface area contributed by atoms with E-state index in [1.165, 1.54) is 0 Å². The third-order valence-corrected chi connectivity index (χ3v) is 4.51. The molecule has 0 aliphatic heterocycles. The Labute approximate surface area is 171 Å². The number of hydrogen-bond donors (Lipinski definition) is 3. The second-order valence-corrected chi connectivity index (χ2v) is 7.68. The summed E-state index contributed by atoms with van der Waals surface area (Å²) >= 11 is 0. The van der Waals surface area contributed by atoms with Gasteiger partial charge >= 0.3 is 0 Å². The summed E-state index contributed by atoms with van der Waals surface area (Å²) in [6.07, 6.45) is 1.73. The smallest absolute Gasteiger partial charge is 0.191 e. The summed E-state index contributed by atoms with van der Waals surface area (Å²) in [7, 11) is 2.16. The number of unbranched alkanes of at least 4 members (excludes halogenated alkanes) is 1. The predicted molar refractivity (Wildman–Crippen MR) is 118 cm³/mol. The van der Waals surface area contributed by atoms with E-state index >= 15 is 0 Å². The SMILES string of the molecule is CCNC(=NCC(O)c1ccc(OC(C)C)cc1)NCCCCN(C)C(C)C. The van der Waals surface area contributed by atoms with Gasteiger partial charge in [-0.15, -0.1) is 0 Å². The molecule has 0 saturated heterocycles. The highest BCUT2D eigenvalue weighted by atomic mass is 16.5. The molecule has 0 amide bonds. The van der Waals surface area contributed by atoms with Gasteiger partial charge in [-0.25, -0.2) is 0 Å². The van der Waals surface area contributed by atoms with Gasteiger partial charge in [0, 0.05) is 19.1 Å². The fourth-order valence-corrected chi connectivity index (χ4v) is 2.62. The van der Waals surface area contributed by atoms with E-state index in [4.69, 9.17) is 4.74 Å². The van der Waals surface area contributed by atoms with Crippen LogP contribution in [0, 0.1) is 0 Å². The van der Waals surface area contributed by atoms with Gasteiger partial charge in [-0.2, -0.15) is 0 Å². The van der Waals surface area contributed by atoms with Crippen molar-refractivity contribution in [2.45, 2.75) is 65.7 Å². The Morgan fingerprint density at radius 2 is 1.79 bits per heavy atom. The summed E-state index contributed by atoms with van der Waals surface area (Å²) in [4.78, 5) is 6.88. The number of benzene rings is 1. The number of rotatable bonds is 12. The Morgan fingerprint density at radius 3 is 2.36 bits per heavy atom. The highest BCUT2D eigenvalue weighted by molar-refractivity contribution is 5.79. The molecule has 6 heteroatoms. The van der Waals surface area contributed by atoms with Crippen LogP contribution in [0.25, 0.3) is 0 Å². The molecule has 1 aromatic carbocycles. The summed E-state index contributed by atoms with van der Waals surface area (Å²) in [5.74, 6) is 1.56. The van der Waals surface area contributed by atoms with Crippen LogP contribution < -0.4 is 15.4 Å². The van der Waals surface area contributed by atoms with Crippen LogP contribution in [-0.2, 0) is 0 Å². The number of ether oxygens (including phenoxy) is 1. The number of aliphatic hydroxyl groups excluding tert-OH is 1. The zero-order valence-corrected chi connectivity index (χ0v) is 18.5. The lowest BCUT2D eigenvalue weighted by molar-refractivity contribution is 0.186. The number of hydrogen-bond acceptors (Lipinski definition) is 4. The summed E-state index contributed by atoms with van der Waals surface area (Å²) < 4.78 is 5.64. The van der Waals surface area contributed by atoms with Gasteiger partial charge in [0.2, 0.25) is 0 Å². The van der Waals surface area contributed by atoms with Gasteiger partial charge < -0.3 is 25.4 Å². The standard InChI is InChI=1S/C22H40N4O2/c1-7-23-22(24-14-8-9-15-26(6)17(2)3)25-16-21(27)19-10-12-20(13-11-19)28-18(4)5/h10-13,17-18,21,27H,7-9,14-16H2,1-6H3,(H2,23,24,25). The maximum Gasteiger partial charge on any atom is 0.191 e. The van der Waals surface area contributed by atoms with Crippen LogP contribution in [0.15, 0.2) is 29.3 Å². The quantitative estimate of drug-likeness (QED) is 0.290. The van der Waals surface area contributed by atoms with Gasteiger partial charge in [-0.3, -0.25) is 4.99 Å². The van der Waals surface area contributed by atoms with E-state index in [1.54, 1.807) is 0 Å². The molecule has 28 heavy (non-hydrogen) atoms. The molecule has 1 unspecified atom stereocenters. The van der Waals surface area contributed by atoms with E-state index in [-0.39, 0.29) is 6.10 Å². The molecule has 0 saturated carbocycles. The van der Waals surface area contributed by atoms with E-state index < -0.39 is 6.10 Å². The highest BCUT2D eigenvalue weighted by Gasteiger charge is 2.08. The minimum absolute atomic E-state index is 0.139. The number of guanidine groups is 1. The van der Waals surface area contributed by atoms with E-state index in [0.717, 1.165) is 49.7 Å². The van der Waals surface area contributed by atoms with Gasteiger partial charge in [-0.1, -0.05) is 12.1 Å². The lowest BCUT2D eigenvalue weighted by Crippen LogP contribution is -2.38. The third kappa shape index (κ3) is 9.95. The number of nitrogens with zero attached hydrogens (tertiary/aromatic N) is 2. The zero-order chi connectivity index (χ0) is 20.9. The van der Waals surface area contributed by atoms with E-state index in [9.17, 15) is 5.11 Å². The molecule has 0 spiro atoms. The van der Waals surface area contributed by atoms with Crippen LogP contribution in [0.4, 0.5) is 0 Å². The molecular formula is C22H40N4O2. The van der Waals surface area contributed by atoms with Crippen molar-refractivity contribution in [1.82, 2.24) is 15.5 Å². The normalized spacial score (nSPS) is 13.3. The second-order valence-electron chi connectivity index (χ2n) is 7.68. The first-order valence-electron chi connectivity index (χ1n) is 10.5. The Morgan fingerprint density at radius 1 is 1.11 bits per heavy atom. The summed E-state index contributed by atoms with van der Waals surface area (Å²) in [5, 5.41) is 17.0. The van der Waals surface area contributed by atoms with Crippen LogP contribution in [0.3, 0.4) is 0 Å². The molecule has 0 aliphatic carbocycles. The molecule has 0 bridgehead atoms. The number of aliphatic imine (C=N–C) groups is 1. The molecule has 3 N–H and O–H groups in total. The number of nitrogens with one attached hydrogen (secondary N) is 2. The minimum Gasteiger partial charge on any atom is -0.491 e. The first-order chi connectivity index (χ1) is 13.3. The van der Waals surface area contributed by atoms with E-state index in [0.29, 0.717) is 12.6 Å². The number of aliphatic hydroxyl groups is 1. The van der Waals surface area contributed by atoms with Crippen molar-refractivity contribution in [3.63, 3.8) is 0 Å². The van der Waals surface area contributed by atoms with Crippen molar-refractivity contribution in [2.75, 3.05) is 33.2 Å². The van der Waals surface area contributed by atoms with Crippen LogP contribution in [-0.4, -0.2) is 61.3 Å². The molecule has 1 atom stereocenters. The van der Waals surface area contributed by atoms with Crippen LogP contribution >= 0.6 is 0 Å². The highest BCUT2D eigenvalue weighted by Crippen LogP contribution is 2.19. The molecule has 6 nitrogen and oxygen atoms in total. The van der Waals surface area contributed by atoms with Gasteiger partial charge in [0.1, 0.15) is 5.75 Å². The average molecular weight is 393 g/mol. The van der Waals surface area contributed by atoms with Crippen LogP contribution in [0.1, 0.15) is 59.1 Å². The molecule has 0 radical (unpaired) electrons. The van der Waals surface area contributed by atoms with Crippen LogP contribution in [0.5, 0.6) is 5.75 Å². The van der Waals surface area contributed by atoms with Gasteiger partial charge in [-0.05, 0) is 78.7 Å². The molecule has 0 aromatic heterocycles. The third-order valence-electron chi connectivity index (χ3n) is 4.51. The van der Waals surface area contributed by atoms with Crippen molar-refractivity contribution in [2.24, 2.45) is 4.99 Å². The largest absolute Gasteiger partial charge is 0.491 e. The molecule has 0 heterocycles. The average Bonchev–Trinajstić information content (AvgIpc) is 2.65. The maximum absolute atomic E-state index is 10.4. The molecule has 0 aliphatic rings. The molecule has 160 valence electrons. The monoisotopic (exact) mass is 392 g/mol. The fraction of sp³-hybridized carbons (Fsp3) is 0.682. The molecule has 0 fully saturated rings. The van der Waals surface area contributed by atoms with Crippen LogP contribution in [0.2, 0.25) is 0 Å². The Hall–Kier alpha value is -1.79. The van der Waals surface area contributed by atoms with Gasteiger partial charge in [0.15, 0.2) is 5.96 Å². The lowest BCUT2D eigenvalue weighted by atomic mass is 10.1. The summed E-state index contributed by atoms with van der Waals surface area (Å²) in [5.41, 5.74) is 0.840. The minimum atomic E-state index is -0.636. The van der Waals surface area contributed by atoms with E-state index in [2.05, 4.69) is 41.4 Å². The summed E-state index contributed by atoms with van der Waals surface area (Å²) in [6.45, 7) is 13.5. The second kappa shape index (κ2) is 13.4. The zero-order valence-electron chi connectivity index (χ0n) is 18.5. The molecule has 1 aromatic rings. The first-order valence-corrected chi connectivity index (χ1v) is 10.5. The van der Waals surface area contributed by atoms with Crippen molar-refractivity contribution in [3.8, 4) is 5.75 Å². The van der Waals surface area contributed by atoms with Crippen molar-refractivity contribution >= 4 is 5.96 Å². The van der Waals surface area contributed by atoms with Gasteiger partial charge in [0.05, 0.1) is 18.8 Å². The lowest BCUT2D eigenvalue weighted by Gasteiger charge is -2.20. The predicted octanol–water partition coefficient (Wildman–Crippen LogP) is 3.18. The van der Waals surface area contributed by atoms with E-state index in [1.807, 2.05) is 45.0 Å². The Balaban J connectivity index is 2.45. The maximum atomic E-state index is 10.4. The topological polar surface area (TPSA) is 69.1 Å². The van der Waals surface area contributed by atoms with Crippen molar-refractivity contribution in [3.05, 3.63) is 29.8 Å². The molecular weight excluding hydrogens is 352 g/mol. The summed E-state index contributed by atoms with van der Waals surface area (Å²) in [6, 6.07) is 8.14. The van der Waals surface area contributed by atoms with Crippen molar-refractivity contribution < 1.29 is 9.84 Å². The van der Waals surface area contributed by atoms with Gasteiger partial charge in [0.25, 0.3) is 0 Å².